The van der Waals surface area contributed by atoms with Gasteiger partial charge in [-0.15, -0.1) is 0 Å². The fourth-order valence-electron chi connectivity index (χ4n) is 1.78. The van der Waals surface area contributed by atoms with Crippen LogP contribution in [0.4, 0.5) is 0 Å². The van der Waals surface area contributed by atoms with E-state index < -0.39 is 0 Å². The van der Waals surface area contributed by atoms with E-state index in [1.54, 1.807) is 14.2 Å². The summed E-state index contributed by atoms with van der Waals surface area (Å²) >= 11 is 6.30. The van der Waals surface area contributed by atoms with Gasteiger partial charge in [-0.3, -0.25) is 0 Å². The number of ether oxygens (including phenoxy) is 3. The minimum atomic E-state index is 0.577. The van der Waals surface area contributed by atoms with Crippen LogP contribution < -0.4 is 14.8 Å². The Morgan fingerprint density at radius 1 is 1.15 bits per heavy atom. The molecule has 0 saturated carbocycles. The summed E-state index contributed by atoms with van der Waals surface area (Å²) in [5, 5.41) is 3.89. The fourth-order valence-corrected chi connectivity index (χ4v) is 2.08. The molecule has 20 heavy (non-hydrogen) atoms. The Balaban J connectivity index is 2.40. The zero-order valence-electron chi connectivity index (χ0n) is 12.5. The van der Waals surface area contributed by atoms with Crippen molar-refractivity contribution in [2.75, 3.05) is 34.0 Å². The molecule has 0 aliphatic rings. The molecule has 0 bridgehead atoms. The normalized spacial score (nSPS) is 10.6. The fraction of sp³-hybridized carbons (Fsp3) is 0.600. The molecule has 0 aliphatic heterocycles. The Morgan fingerprint density at radius 2 is 1.95 bits per heavy atom. The van der Waals surface area contributed by atoms with E-state index >= 15 is 0 Å². The van der Waals surface area contributed by atoms with Crippen LogP contribution in [-0.2, 0) is 11.3 Å². The van der Waals surface area contributed by atoms with Gasteiger partial charge in [0.25, 0.3) is 0 Å². The summed E-state index contributed by atoms with van der Waals surface area (Å²) < 4.78 is 16.0. The average molecular weight is 302 g/mol. The first-order valence-electron chi connectivity index (χ1n) is 6.92. The Hall–Kier alpha value is -0.970. The lowest BCUT2D eigenvalue weighted by Gasteiger charge is -2.13. The number of methoxy groups -OCH3 is 2. The molecule has 0 radical (unpaired) electrons. The largest absolute Gasteiger partial charge is 0.493 e. The van der Waals surface area contributed by atoms with Crippen LogP contribution in [0.15, 0.2) is 12.1 Å². The molecule has 1 aromatic carbocycles. The molecular weight excluding hydrogens is 278 g/mol. The van der Waals surface area contributed by atoms with Gasteiger partial charge in [0.05, 0.1) is 25.8 Å². The van der Waals surface area contributed by atoms with Crippen LogP contribution in [0.3, 0.4) is 0 Å². The maximum Gasteiger partial charge on any atom is 0.179 e. The van der Waals surface area contributed by atoms with Crippen molar-refractivity contribution in [3.8, 4) is 11.5 Å². The van der Waals surface area contributed by atoms with Crippen molar-refractivity contribution in [3.05, 3.63) is 22.7 Å². The van der Waals surface area contributed by atoms with E-state index in [2.05, 4.69) is 12.2 Å². The highest BCUT2D eigenvalue weighted by molar-refractivity contribution is 6.33. The first-order chi connectivity index (χ1) is 9.74. The highest BCUT2D eigenvalue weighted by Crippen LogP contribution is 2.37. The average Bonchev–Trinajstić information content (AvgIpc) is 2.47. The molecule has 1 rings (SSSR count). The third kappa shape index (κ3) is 5.19. The van der Waals surface area contributed by atoms with Crippen molar-refractivity contribution in [3.63, 3.8) is 0 Å². The monoisotopic (exact) mass is 301 g/mol. The maximum absolute atomic E-state index is 6.30. The van der Waals surface area contributed by atoms with Gasteiger partial charge >= 0.3 is 0 Å². The van der Waals surface area contributed by atoms with Crippen molar-refractivity contribution in [1.82, 2.24) is 5.32 Å². The molecule has 0 fully saturated rings. The highest BCUT2D eigenvalue weighted by atomic mass is 35.5. The number of benzene rings is 1. The summed E-state index contributed by atoms with van der Waals surface area (Å²) in [6, 6.07) is 3.80. The van der Waals surface area contributed by atoms with Gasteiger partial charge in [0.15, 0.2) is 11.5 Å². The minimum absolute atomic E-state index is 0.577. The number of rotatable bonds is 10. The Kier molecular flexibility index (Phi) is 8.42. The second kappa shape index (κ2) is 9.86. The lowest BCUT2D eigenvalue weighted by atomic mass is 10.2. The molecule has 1 N–H and O–H groups in total. The molecule has 0 atom stereocenters. The van der Waals surface area contributed by atoms with E-state index in [1.807, 2.05) is 12.1 Å². The maximum atomic E-state index is 6.30. The van der Waals surface area contributed by atoms with E-state index in [-0.39, 0.29) is 0 Å². The number of hydrogen-bond acceptors (Lipinski definition) is 4. The van der Waals surface area contributed by atoms with Gasteiger partial charge in [0, 0.05) is 19.7 Å². The van der Waals surface area contributed by atoms with Gasteiger partial charge in [-0.1, -0.05) is 31.0 Å². The predicted molar refractivity (Wildman–Crippen MR) is 82.0 cm³/mol. The van der Waals surface area contributed by atoms with Gasteiger partial charge < -0.3 is 19.5 Å². The number of unbranched alkanes of at least 4 members (excludes halogenated alkanes) is 1. The predicted octanol–water partition coefficient (Wildman–Crippen LogP) is 3.26. The standard InChI is InChI=1S/C15H24ClNO3/c1-4-5-9-20-10-8-17-11-12-6-7-13(18-2)15(19-3)14(12)16/h6-7,17H,4-5,8-11H2,1-3H3. The topological polar surface area (TPSA) is 39.7 Å². The van der Waals surface area contributed by atoms with E-state index in [1.165, 1.54) is 0 Å². The van der Waals surface area contributed by atoms with Crippen molar-refractivity contribution >= 4 is 11.6 Å². The molecular formula is C15H24ClNO3. The number of hydrogen-bond donors (Lipinski definition) is 1. The molecule has 5 heteroatoms. The summed E-state index contributed by atoms with van der Waals surface area (Å²) in [5.74, 6) is 1.22. The summed E-state index contributed by atoms with van der Waals surface area (Å²) in [6.45, 7) is 5.17. The van der Waals surface area contributed by atoms with Crippen LogP contribution in [0.5, 0.6) is 11.5 Å². The third-order valence-corrected chi connectivity index (χ3v) is 3.36. The van der Waals surface area contributed by atoms with Crippen molar-refractivity contribution in [2.45, 2.75) is 26.3 Å². The van der Waals surface area contributed by atoms with Crippen LogP contribution >= 0.6 is 11.6 Å². The first kappa shape index (κ1) is 17.1. The number of halogens is 1. The van der Waals surface area contributed by atoms with Crippen LogP contribution in [0.25, 0.3) is 0 Å². The van der Waals surface area contributed by atoms with Gasteiger partial charge in [0.1, 0.15) is 0 Å². The number of nitrogens with one attached hydrogen (secondary N) is 1. The van der Waals surface area contributed by atoms with Crippen LogP contribution in [-0.4, -0.2) is 34.0 Å². The van der Waals surface area contributed by atoms with Gasteiger partial charge in [-0.05, 0) is 18.1 Å². The zero-order chi connectivity index (χ0) is 14.8. The Morgan fingerprint density at radius 3 is 2.60 bits per heavy atom. The van der Waals surface area contributed by atoms with Crippen molar-refractivity contribution in [2.24, 2.45) is 0 Å². The molecule has 0 unspecified atom stereocenters. The molecule has 0 spiro atoms. The second-order valence-electron chi connectivity index (χ2n) is 4.42. The molecule has 0 heterocycles. The quantitative estimate of drug-likeness (QED) is 0.673. The SMILES string of the molecule is CCCCOCCNCc1ccc(OC)c(OC)c1Cl. The summed E-state index contributed by atoms with van der Waals surface area (Å²) in [6.07, 6.45) is 2.27. The van der Waals surface area contributed by atoms with Crippen molar-refractivity contribution < 1.29 is 14.2 Å². The van der Waals surface area contributed by atoms with Crippen LogP contribution in [0, 0.1) is 0 Å². The first-order valence-corrected chi connectivity index (χ1v) is 7.30. The molecule has 4 nitrogen and oxygen atoms in total. The Labute approximate surface area is 126 Å². The third-order valence-electron chi connectivity index (χ3n) is 2.95. The lowest BCUT2D eigenvalue weighted by molar-refractivity contribution is 0.133. The van der Waals surface area contributed by atoms with E-state index in [9.17, 15) is 0 Å². The molecule has 0 saturated heterocycles. The van der Waals surface area contributed by atoms with Gasteiger partial charge in [-0.2, -0.15) is 0 Å². The Bertz CT molecular complexity index is 399. The zero-order valence-corrected chi connectivity index (χ0v) is 13.3. The minimum Gasteiger partial charge on any atom is -0.493 e. The second-order valence-corrected chi connectivity index (χ2v) is 4.79. The molecule has 1 aromatic rings. The molecule has 114 valence electrons. The van der Waals surface area contributed by atoms with E-state index in [0.29, 0.717) is 29.7 Å². The molecule has 0 aromatic heterocycles. The van der Waals surface area contributed by atoms with Gasteiger partial charge in [-0.25, -0.2) is 0 Å². The van der Waals surface area contributed by atoms with E-state index in [4.69, 9.17) is 25.8 Å². The summed E-state index contributed by atoms with van der Waals surface area (Å²) in [7, 11) is 3.18. The summed E-state index contributed by atoms with van der Waals surface area (Å²) in [5.41, 5.74) is 0.984. The smallest absolute Gasteiger partial charge is 0.179 e. The molecule has 0 aliphatic carbocycles. The van der Waals surface area contributed by atoms with Gasteiger partial charge in [0.2, 0.25) is 0 Å². The lowest BCUT2D eigenvalue weighted by Crippen LogP contribution is -2.19. The van der Waals surface area contributed by atoms with Crippen molar-refractivity contribution in [1.29, 1.82) is 0 Å². The highest BCUT2D eigenvalue weighted by Gasteiger charge is 2.12. The summed E-state index contributed by atoms with van der Waals surface area (Å²) in [4.78, 5) is 0. The molecule has 0 amide bonds. The van der Waals surface area contributed by atoms with Crippen LogP contribution in [0.2, 0.25) is 5.02 Å². The van der Waals surface area contributed by atoms with Crippen LogP contribution in [0.1, 0.15) is 25.3 Å². The van der Waals surface area contributed by atoms with E-state index in [0.717, 1.165) is 31.6 Å².